The Balaban J connectivity index is 1.74. The van der Waals surface area contributed by atoms with Gasteiger partial charge in [0.1, 0.15) is 0 Å². The summed E-state index contributed by atoms with van der Waals surface area (Å²) in [5, 5.41) is 10.3. The van der Waals surface area contributed by atoms with E-state index in [1.807, 2.05) is 12.1 Å². The molecule has 2 aromatic carbocycles. The summed E-state index contributed by atoms with van der Waals surface area (Å²) < 4.78 is 25.7. The number of hydroxylamine groups is 1. The number of pyridine rings is 1. The SMILES string of the molecule is O=C(NO)[C@H](CSc1ccccn1)CS(=O)(=O)c1ccc(-c2ccc(Cl)cc2)cc1. The highest BCUT2D eigenvalue weighted by Crippen LogP contribution is 2.25. The molecule has 0 spiro atoms. The molecule has 1 atom stereocenters. The number of hydrogen-bond acceptors (Lipinski definition) is 6. The summed E-state index contributed by atoms with van der Waals surface area (Å²) in [5.74, 6) is -1.96. The number of aromatic nitrogens is 1. The number of amides is 1. The van der Waals surface area contributed by atoms with E-state index in [0.29, 0.717) is 10.0 Å². The Bertz CT molecular complexity index is 1090. The third kappa shape index (κ3) is 5.82. The number of sulfone groups is 1. The number of carbonyl (C=O) groups is 1. The van der Waals surface area contributed by atoms with Crippen molar-refractivity contribution < 1.29 is 18.4 Å². The molecule has 1 amide bonds. The third-order valence-electron chi connectivity index (χ3n) is 4.36. The van der Waals surface area contributed by atoms with E-state index in [-0.39, 0.29) is 10.6 Å². The van der Waals surface area contributed by atoms with Crippen molar-refractivity contribution in [3.63, 3.8) is 0 Å². The van der Waals surface area contributed by atoms with E-state index in [1.165, 1.54) is 23.9 Å². The van der Waals surface area contributed by atoms with E-state index in [4.69, 9.17) is 16.8 Å². The summed E-state index contributed by atoms with van der Waals surface area (Å²) in [6.45, 7) is 0. The van der Waals surface area contributed by atoms with Crippen LogP contribution in [0.4, 0.5) is 0 Å². The fourth-order valence-electron chi connectivity index (χ4n) is 2.77. The molecule has 3 rings (SSSR count). The van der Waals surface area contributed by atoms with Gasteiger partial charge in [-0.25, -0.2) is 18.9 Å². The highest BCUT2D eigenvalue weighted by Gasteiger charge is 2.27. The molecule has 3 aromatic rings. The quantitative estimate of drug-likeness (QED) is 0.297. The average molecular weight is 463 g/mol. The van der Waals surface area contributed by atoms with Crippen LogP contribution in [0.3, 0.4) is 0 Å². The smallest absolute Gasteiger partial charge is 0.248 e. The van der Waals surface area contributed by atoms with Crippen LogP contribution in [0.1, 0.15) is 0 Å². The lowest BCUT2D eigenvalue weighted by atomic mass is 10.1. The van der Waals surface area contributed by atoms with E-state index in [2.05, 4.69) is 4.98 Å². The van der Waals surface area contributed by atoms with E-state index in [1.54, 1.807) is 54.1 Å². The number of nitrogens with one attached hydrogen (secondary N) is 1. The van der Waals surface area contributed by atoms with Crippen LogP contribution in [0.2, 0.25) is 5.02 Å². The zero-order valence-electron chi connectivity index (χ0n) is 15.7. The lowest BCUT2D eigenvalue weighted by Gasteiger charge is -2.15. The Hall–Kier alpha value is -2.39. The highest BCUT2D eigenvalue weighted by atomic mass is 35.5. The summed E-state index contributed by atoms with van der Waals surface area (Å²) in [7, 11) is -3.75. The number of hydrogen-bond donors (Lipinski definition) is 2. The average Bonchev–Trinajstić information content (AvgIpc) is 2.77. The maximum Gasteiger partial charge on any atom is 0.248 e. The number of benzene rings is 2. The predicted molar refractivity (Wildman–Crippen MR) is 117 cm³/mol. The minimum Gasteiger partial charge on any atom is -0.289 e. The second kappa shape index (κ2) is 10.1. The molecule has 9 heteroatoms. The Kier molecular flexibility index (Phi) is 7.49. The second-order valence-electron chi connectivity index (χ2n) is 6.46. The molecule has 0 aliphatic carbocycles. The minimum absolute atomic E-state index is 0.110. The maximum atomic E-state index is 12.9. The van der Waals surface area contributed by atoms with Gasteiger partial charge in [0.25, 0.3) is 0 Å². The molecular formula is C21H19ClN2O4S2. The zero-order valence-corrected chi connectivity index (χ0v) is 18.1. The molecule has 0 saturated carbocycles. The summed E-state index contributed by atoms with van der Waals surface area (Å²) >= 11 is 7.15. The first-order valence-electron chi connectivity index (χ1n) is 8.95. The summed E-state index contributed by atoms with van der Waals surface area (Å²) in [4.78, 5) is 16.3. The van der Waals surface area contributed by atoms with Crippen LogP contribution >= 0.6 is 23.4 Å². The Labute approximate surface area is 184 Å². The molecule has 1 heterocycles. The number of carbonyl (C=O) groups excluding carboxylic acids is 1. The first-order chi connectivity index (χ1) is 14.4. The van der Waals surface area contributed by atoms with Crippen molar-refractivity contribution in [1.29, 1.82) is 0 Å². The molecule has 0 radical (unpaired) electrons. The lowest BCUT2D eigenvalue weighted by molar-refractivity contribution is -0.132. The summed E-state index contributed by atoms with van der Waals surface area (Å²) in [5.41, 5.74) is 3.32. The Morgan fingerprint density at radius 1 is 1.03 bits per heavy atom. The lowest BCUT2D eigenvalue weighted by Crippen LogP contribution is -2.34. The van der Waals surface area contributed by atoms with E-state index < -0.39 is 27.4 Å². The van der Waals surface area contributed by atoms with Crippen LogP contribution in [0.5, 0.6) is 0 Å². The predicted octanol–water partition coefficient (Wildman–Crippen LogP) is 4.09. The number of halogens is 1. The van der Waals surface area contributed by atoms with Gasteiger partial charge in [-0.3, -0.25) is 10.0 Å². The van der Waals surface area contributed by atoms with Crippen LogP contribution in [0, 0.1) is 5.92 Å². The Morgan fingerprint density at radius 2 is 1.67 bits per heavy atom. The molecule has 0 saturated heterocycles. The third-order valence-corrected chi connectivity index (χ3v) is 7.55. The van der Waals surface area contributed by atoms with Gasteiger partial charge in [0, 0.05) is 17.0 Å². The van der Waals surface area contributed by atoms with Gasteiger partial charge >= 0.3 is 0 Å². The van der Waals surface area contributed by atoms with Gasteiger partial charge in [-0.2, -0.15) is 0 Å². The molecule has 2 N–H and O–H groups in total. The van der Waals surface area contributed by atoms with Gasteiger partial charge in [-0.1, -0.05) is 41.9 Å². The summed E-state index contributed by atoms with van der Waals surface area (Å²) in [6, 6.07) is 19.0. The fraction of sp³-hybridized carbons (Fsp3) is 0.143. The first-order valence-corrected chi connectivity index (χ1v) is 12.0. The number of rotatable bonds is 8. The molecular weight excluding hydrogens is 444 g/mol. The molecule has 30 heavy (non-hydrogen) atoms. The highest BCUT2D eigenvalue weighted by molar-refractivity contribution is 7.99. The largest absolute Gasteiger partial charge is 0.289 e. The van der Waals surface area contributed by atoms with Crippen molar-refractivity contribution >= 4 is 39.1 Å². The molecule has 0 unspecified atom stereocenters. The van der Waals surface area contributed by atoms with E-state index in [0.717, 1.165) is 11.1 Å². The van der Waals surface area contributed by atoms with Gasteiger partial charge in [0.05, 0.1) is 21.6 Å². The van der Waals surface area contributed by atoms with Gasteiger partial charge in [-0.15, -0.1) is 11.8 Å². The van der Waals surface area contributed by atoms with Gasteiger partial charge < -0.3 is 0 Å². The van der Waals surface area contributed by atoms with E-state index >= 15 is 0 Å². The number of thioether (sulfide) groups is 1. The fourth-order valence-corrected chi connectivity index (χ4v) is 5.54. The minimum atomic E-state index is -3.75. The van der Waals surface area contributed by atoms with Crippen molar-refractivity contribution in [3.8, 4) is 11.1 Å². The molecule has 0 aliphatic heterocycles. The zero-order chi connectivity index (χ0) is 21.6. The molecule has 0 bridgehead atoms. The topological polar surface area (TPSA) is 96.4 Å². The van der Waals surface area contributed by atoms with Crippen LogP contribution in [-0.4, -0.2) is 36.0 Å². The van der Waals surface area contributed by atoms with Crippen molar-refractivity contribution in [2.24, 2.45) is 5.92 Å². The molecule has 156 valence electrons. The maximum absolute atomic E-state index is 12.9. The number of nitrogens with zero attached hydrogens (tertiary/aromatic N) is 1. The van der Waals surface area contributed by atoms with Crippen molar-refractivity contribution in [1.82, 2.24) is 10.5 Å². The molecule has 1 aromatic heterocycles. The first kappa shape index (κ1) is 22.3. The van der Waals surface area contributed by atoms with Crippen LogP contribution in [-0.2, 0) is 14.6 Å². The van der Waals surface area contributed by atoms with Crippen molar-refractivity contribution in [3.05, 3.63) is 77.9 Å². The van der Waals surface area contributed by atoms with E-state index in [9.17, 15) is 13.2 Å². The summed E-state index contributed by atoms with van der Waals surface area (Å²) in [6.07, 6.45) is 1.61. The Morgan fingerprint density at radius 3 is 2.23 bits per heavy atom. The normalized spacial score (nSPS) is 12.3. The van der Waals surface area contributed by atoms with Gasteiger partial charge in [0.2, 0.25) is 5.91 Å². The second-order valence-corrected chi connectivity index (χ2v) is 9.98. The van der Waals surface area contributed by atoms with Crippen molar-refractivity contribution in [2.45, 2.75) is 9.92 Å². The van der Waals surface area contributed by atoms with Crippen LogP contribution in [0.15, 0.2) is 82.8 Å². The van der Waals surface area contributed by atoms with Crippen LogP contribution < -0.4 is 5.48 Å². The van der Waals surface area contributed by atoms with Crippen molar-refractivity contribution in [2.75, 3.05) is 11.5 Å². The van der Waals surface area contributed by atoms with Gasteiger partial charge in [-0.05, 0) is 47.5 Å². The standard InChI is InChI=1S/C21H19ClN2O4S2/c22-18-8-4-15(5-9-18)16-6-10-19(11-7-16)30(27,28)14-17(21(25)24-26)13-29-20-3-1-2-12-23-20/h1-12,17,26H,13-14H2,(H,24,25)/t17-/m1/s1. The monoisotopic (exact) mass is 462 g/mol. The van der Waals surface area contributed by atoms with Crippen LogP contribution in [0.25, 0.3) is 11.1 Å². The molecule has 6 nitrogen and oxygen atoms in total. The van der Waals surface area contributed by atoms with Gasteiger partial charge in [0.15, 0.2) is 9.84 Å². The molecule has 0 fully saturated rings. The molecule has 0 aliphatic rings.